The largest absolute Gasteiger partial charge is 0.463 e. The second-order valence-electron chi connectivity index (χ2n) is 5.70. The van der Waals surface area contributed by atoms with Crippen LogP contribution in [0.1, 0.15) is 48.2 Å². The summed E-state index contributed by atoms with van der Waals surface area (Å²) in [4.78, 5) is 24.4. The van der Waals surface area contributed by atoms with Crippen LogP contribution >= 0.6 is 11.6 Å². The molecule has 0 radical (unpaired) electrons. The first-order valence-electron chi connectivity index (χ1n) is 7.68. The highest BCUT2D eigenvalue weighted by molar-refractivity contribution is 6.31. The van der Waals surface area contributed by atoms with E-state index in [2.05, 4.69) is 5.32 Å². The van der Waals surface area contributed by atoms with Crippen molar-refractivity contribution in [1.29, 1.82) is 0 Å². The van der Waals surface area contributed by atoms with E-state index >= 15 is 0 Å². The van der Waals surface area contributed by atoms with Crippen molar-refractivity contribution in [1.82, 2.24) is 5.32 Å². The maximum Gasteiger partial charge on any atom is 0.308 e. The van der Waals surface area contributed by atoms with Gasteiger partial charge in [-0.15, -0.1) is 0 Å². The molecule has 1 aromatic heterocycles. The molecule has 5 nitrogen and oxygen atoms in total. The molecule has 0 saturated heterocycles. The fourth-order valence-electron chi connectivity index (χ4n) is 2.26. The molecule has 0 unspecified atom stereocenters. The van der Waals surface area contributed by atoms with Crippen molar-refractivity contribution in [3.8, 4) is 0 Å². The molecule has 2 rings (SSSR count). The first-order valence-corrected chi connectivity index (χ1v) is 8.06. The number of benzene rings is 1. The number of ether oxygens (including phenoxy) is 1. The topological polar surface area (TPSA) is 68.5 Å². The monoisotopic (exact) mass is 349 g/mol. The summed E-state index contributed by atoms with van der Waals surface area (Å²) in [6, 6.07) is 9.73. The van der Waals surface area contributed by atoms with E-state index < -0.39 is 17.9 Å². The van der Waals surface area contributed by atoms with Gasteiger partial charge in [-0.2, -0.15) is 0 Å². The van der Waals surface area contributed by atoms with Gasteiger partial charge in [0.05, 0.1) is 18.6 Å². The summed E-state index contributed by atoms with van der Waals surface area (Å²) < 4.78 is 10.5. The molecule has 1 heterocycles. The number of amides is 1. The Morgan fingerprint density at radius 1 is 1.21 bits per heavy atom. The van der Waals surface area contributed by atoms with E-state index in [0.717, 1.165) is 0 Å². The lowest BCUT2D eigenvalue weighted by molar-refractivity contribution is -0.147. The first kappa shape index (κ1) is 18.1. The highest BCUT2D eigenvalue weighted by Gasteiger charge is 2.23. The van der Waals surface area contributed by atoms with Crippen molar-refractivity contribution < 1.29 is 18.7 Å². The Bertz CT molecular complexity index is 723. The lowest BCUT2D eigenvalue weighted by Crippen LogP contribution is -2.31. The van der Waals surface area contributed by atoms with Crippen LogP contribution in [-0.2, 0) is 9.53 Å². The third-order valence-corrected chi connectivity index (χ3v) is 3.63. The van der Waals surface area contributed by atoms with E-state index in [0.29, 0.717) is 16.3 Å². The Kier molecular flexibility index (Phi) is 6.04. The number of esters is 1. The van der Waals surface area contributed by atoms with Gasteiger partial charge in [-0.3, -0.25) is 9.59 Å². The normalized spacial score (nSPS) is 12.0. The molecular weight excluding hydrogens is 330 g/mol. The van der Waals surface area contributed by atoms with Crippen LogP contribution < -0.4 is 5.32 Å². The standard InChI is InChI=1S/C18H20ClNO4/c1-11(2)23-17(21)10-15(13-6-4-5-7-14(13)19)20-18(22)16-9-8-12(3)24-16/h4-9,11,15H,10H2,1-3H3,(H,20,22)/t15-/m1/s1. The highest BCUT2D eigenvalue weighted by atomic mass is 35.5. The van der Waals surface area contributed by atoms with Crippen molar-refractivity contribution in [3.05, 3.63) is 58.5 Å². The van der Waals surface area contributed by atoms with Gasteiger partial charge in [0.15, 0.2) is 5.76 Å². The number of aryl methyl sites for hydroxylation is 1. The molecule has 1 aromatic carbocycles. The molecule has 2 aromatic rings. The van der Waals surface area contributed by atoms with Gasteiger partial charge in [0.25, 0.3) is 5.91 Å². The molecule has 0 saturated carbocycles. The third kappa shape index (κ3) is 4.86. The smallest absolute Gasteiger partial charge is 0.308 e. The van der Waals surface area contributed by atoms with Gasteiger partial charge in [-0.25, -0.2) is 0 Å². The van der Waals surface area contributed by atoms with Gasteiger partial charge in [0.1, 0.15) is 5.76 Å². The van der Waals surface area contributed by atoms with Crippen LogP contribution in [-0.4, -0.2) is 18.0 Å². The van der Waals surface area contributed by atoms with Crippen molar-refractivity contribution in [3.63, 3.8) is 0 Å². The van der Waals surface area contributed by atoms with E-state index in [1.54, 1.807) is 57.2 Å². The molecule has 6 heteroatoms. The van der Waals surface area contributed by atoms with E-state index in [9.17, 15) is 9.59 Å². The number of hydrogen-bond donors (Lipinski definition) is 1. The van der Waals surface area contributed by atoms with Crippen LogP contribution in [0.15, 0.2) is 40.8 Å². The maximum atomic E-state index is 12.4. The Morgan fingerprint density at radius 2 is 1.92 bits per heavy atom. The lowest BCUT2D eigenvalue weighted by atomic mass is 10.0. The molecule has 1 amide bonds. The summed E-state index contributed by atoms with van der Waals surface area (Å²) in [5.41, 5.74) is 0.650. The molecule has 0 spiro atoms. The average Bonchev–Trinajstić information content (AvgIpc) is 2.93. The predicted molar refractivity (Wildman–Crippen MR) is 90.9 cm³/mol. The van der Waals surface area contributed by atoms with Crippen molar-refractivity contribution >= 4 is 23.5 Å². The number of nitrogens with one attached hydrogen (secondary N) is 1. The SMILES string of the molecule is Cc1ccc(C(=O)N[C@H](CC(=O)OC(C)C)c2ccccc2Cl)o1. The quantitative estimate of drug-likeness (QED) is 0.799. The van der Waals surface area contributed by atoms with Crippen LogP contribution in [0.25, 0.3) is 0 Å². The Balaban J connectivity index is 2.21. The van der Waals surface area contributed by atoms with Crippen molar-refractivity contribution in [2.24, 2.45) is 0 Å². The molecule has 128 valence electrons. The van der Waals surface area contributed by atoms with Gasteiger partial charge in [-0.1, -0.05) is 29.8 Å². The molecule has 0 aliphatic carbocycles. The number of carbonyl (C=O) groups is 2. The zero-order valence-electron chi connectivity index (χ0n) is 13.8. The van der Waals surface area contributed by atoms with E-state index in [-0.39, 0.29) is 18.3 Å². The van der Waals surface area contributed by atoms with Crippen LogP contribution in [0, 0.1) is 6.92 Å². The first-order chi connectivity index (χ1) is 11.4. The maximum absolute atomic E-state index is 12.4. The number of furan rings is 1. The van der Waals surface area contributed by atoms with E-state index in [1.165, 1.54) is 0 Å². The van der Waals surface area contributed by atoms with Crippen molar-refractivity contribution in [2.45, 2.75) is 39.3 Å². The Morgan fingerprint density at radius 3 is 2.50 bits per heavy atom. The Labute approximate surface area is 145 Å². The molecule has 0 bridgehead atoms. The van der Waals surface area contributed by atoms with Gasteiger partial charge in [-0.05, 0) is 44.5 Å². The lowest BCUT2D eigenvalue weighted by Gasteiger charge is -2.20. The summed E-state index contributed by atoms with van der Waals surface area (Å²) in [6.45, 7) is 5.29. The van der Waals surface area contributed by atoms with Crippen LogP contribution in [0.2, 0.25) is 5.02 Å². The minimum absolute atomic E-state index is 0.0205. The van der Waals surface area contributed by atoms with Gasteiger partial charge in [0, 0.05) is 5.02 Å². The number of halogens is 1. The molecule has 24 heavy (non-hydrogen) atoms. The van der Waals surface area contributed by atoms with Crippen LogP contribution in [0.3, 0.4) is 0 Å². The molecule has 1 N–H and O–H groups in total. The van der Waals surface area contributed by atoms with Gasteiger partial charge >= 0.3 is 5.97 Å². The summed E-state index contributed by atoms with van der Waals surface area (Å²) >= 11 is 6.21. The zero-order valence-corrected chi connectivity index (χ0v) is 14.6. The third-order valence-electron chi connectivity index (χ3n) is 3.29. The summed E-state index contributed by atoms with van der Waals surface area (Å²) in [5.74, 6) is -0.00773. The number of hydrogen-bond acceptors (Lipinski definition) is 4. The van der Waals surface area contributed by atoms with E-state index in [4.69, 9.17) is 20.8 Å². The van der Waals surface area contributed by atoms with E-state index in [1.807, 2.05) is 0 Å². The predicted octanol–water partition coefficient (Wildman–Crippen LogP) is 4.05. The molecule has 1 atom stereocenters. The summed E-state index contributed by atoms with van der Waals surface area (Å²) in [6.07, 6.45) is -0.249. The minimum atomic E-state index is -0.608. The average molecular weight is 350 g/mol. The van der Waals surface area contributed by atoms with Gasteiger partial charge < -0.3 is 14.5 Å². The number of rotatable bonds is 6. The fourth-order valence-corrected chi connectivity index (χ4v) is 2.53. The Hall–Kier alpha value is -2.27. The van der Waals surface area contributed by atoms with Crippen LogP contribution in [0.5, 0.6) is 0 Å². The molecule has 0 aliphatic heterocycles. The van der Waals surface area contributed by atoms with Crippen LogP contribution in [0.4, 0.5) is 0 Å². The molecule has 0 fully saturated rings. The summed E-state index contributed by atoms with van der Waals surface area (Å²) in [7, 11) is 0. The molecular formula is C18H20ClNO4. The second-order valence-corrected chi connectivity index (χ2v) is 6.11. The van der Waals surface area contributed by atoms with Crippen molar-refractivity contribution in [2.75, 3.05) is 0 Å². The second kappa shape index (κ2) is 8.02. The zero-order chi connectivity index (χ0) is 17.7. The fraction of sp³-hybridized carbons (Fsp3) is 0.333. The minimum Gasteiger partial charge on any atom is -0.463 e. The van der Waals surface area contributed by atoms with Gasteiger partial charge in [0.2, 0.25) is 0 Å². The number of carbonyl (C=O) groups excluding carboxylic acids is 2. The summed E-state index contributed by atoms with van der Waals surface area (Å²) in [5, 5.41) is 3.26. The highest BCUT2D eigenvalue weighted by Crippen LogP contribution is 2.26. The molecule has 0 aliphatic rings.